The molecule has 1 aliphatic heterocycles. The fourth-order valence-electron chi connectivity index (χ4n) is 2.02. The topological polar surface area (TPSA) is 55.2 Å². The summed E-state index contributed by atoms with van der Waals surface area (Å²) in [6.07, 6.45) is 5.34. The van der Waals surface area contributed by atoms with Gasteiger partial charge in [0.05, 0.1) is 11.3 Å². The largest absolute Gasteiger partial charge is 0.277 e. The summed E-state index contributed by atoms with van der Waals surface area (Å²) in [7, 11) is 0. The second-order valence-corrected chi connectivity index (χ2v) is 5.03. The first-order valence-electron chi connectivity index (χ1n) is 5.79. The zero-order chi connectivity index (χ0) is 13.4. The van der Waals surface area contributed by atoms with E-state index < -0.39 is 0 Å². The molecule has 3 rings (SSSR count). The van der Waals surface area contributed by atoms with Gasteiger partial charge in [-0.15, -0.1) is 0 Å². The van der Waals surface area contributed by atoms with Crippen molar-refractivity contribution in [1.29, 1.82) is 0 Å². The first-order chi connectivity index (χ1) is 9.19. The summed E-state index contributed by atoms with van der Waals surface area (Å²) in [6.45, 7) is 1.96. The van der Waals surface area contributed by atoms with Crippen molar-refractivity contribution in [3.63, 3.8) is 0 Å². The van der Waals surface area contributed by atoms with Crippen molar-refractivity contribution in [2.45, 2.75) is 12.1 Å². The highest BCUT2D eigenvalue weighted by Crippen LogP contribution is 2.26. The van der Waals surface area contributed by atoms with Crippen molar-refractivity contribution in [2.24, 2.45) is 4.99 Å². The summed E-state index contributed by atoms with van der Waals surface area (Å²) in [4.78, 5) is 24.2. The predicted molar refractivity (Wildman–Crippen MR) is 75.9 cm³/mol. The van der Waals surface area contributed by atoms with Gasteiger partial charge in [-0.1, -0.05) is 23.9 Å². The molecule has 0 saturated heterocycles. The van der Waals surface area contributed by atoms with Crippen LogP contribution in [0.1, 0.15) is 21.5 Å². The van der Waals surface area contributed by atoms with Crippen molar-refractivity contribution >= 4 is 23.9 Å². The zero-order valence-electron chi connectivity index (χ0n) is 10.5. The smallest absolute Gasteiger partial charge is 0.267 e. The van der Waals surface area contributed by atoms with E-state index in [2.05, 4.69) is 15.0 Å². The molecule has 0 spiro atoms. The SMILES string of the molecule is CSc1ncc(C)c(-c2ccc3c(c2)C(=O)N=C3)n1. The first kappa shape index (κ1) is 12.0. The van der Waals surface area contributed by atoms with E-state index in [9.17, 15) is 4.79 Å². The van der Waals surface area contributed by atoms with Crippen LogP contribution in [0, 0.1) is 6.92 Å². The molecule has 0 aliphatic carbocycles. The van der Waals surface area contributed by atoms with Crippen LogP contribution in [0.2, 0.25) is 0 Å². The number of rotatable bonds is 2. The Kier molecular flexibility index (Phi) is 2.91. The van der Waals surface area contributed by atoms with E-state index in [1.54, 1.807) is 12.4 Å². The van der Waals surface area contributed by atoms with Crippen molar-refractivity contribution in [1.82, 2.24) is 9.97 Å². The van der Waals surface area contributed by atoms with E-state index >= 15 is 0 Å². The van der Waals surface area contributed by atoms with Crippen molar-refractivity contribution in [3.05, 3.63) is 41.1 Å². The number of hydrogen-bond acceptors (Lipinski definition) is 4. The lowest BCUT2D eigenvalue weighted by atomic mass is 10.0. The van der Waals surface area contributed by atoms with E-state index in [0.717, 1.165) is 27.5 Å². The highest BCUT2D eigenvalue weighted by molar-refractivity contribution is 7.98. The molecule has 0 fully saturated rings. The van der Waals surface area contributed by atoms with Gasteiger partial charge < -0.3 is 0 Å². The lowest BCUT2D eigenvalue weighted by Gasteiger charge is -2.07. The molecular weight excluding hydrogens is 258 g/mol. The Balaban J connectivity index is 2.13. The maximum absolute atomic E-state index is 11.6. The molecule has 0 radical (unpaired) electrons. The molecule has 19 heavy (non-hydrogen) atoms. The number of amides is 1. The lowest BCUT2D eigenvalue weighted by Crippen LogP contribution is -1.97. The van der Waals surface area contributed by atoms with Crippen molar-refractivity contribution < 1.29 is 4.79 Å². The number of nitrogens with zero attached hydrogens (tertiary/aromatic N) is 3. The number of hydrogen-bond donors (Lipinski definition) is 0. The van der Waals surface area contributed by atoms with Gasteiger partial charge in [-0.2, -0.15) is 0 Å². The van der Waals surface area contributed by atoms with Gasteiger partial charge in [-0.3, -0.25) is 4.79 Å². The lowest BCUT2D eigenvalue weighted by molar-refractivity contribution is 0.101. The molecule has 0 N–H and O–H groups in total. The number of thioether (sulfide) groups is 1. The normalized spacial score (nSPS) is 12.8. The summed E-state index contributed by atoms with van der Waals surface area (Å²) in [5.74, 6) is -0.186. The van der Waals surface area contributed by atoms with Crippen LogP contribution in [0.5, 0.6) is 0 Å². The standard InChI is InChI=1S/C14H11N3OS/c1-8-6-16-14(19-2)17-12(8)9-3-4-10-7-15-13(18)11(10)5-9/h3-7H,1-2H3. The molecule has 0 saturated carbocycles. The van der Waals surface area contributed by atoms with Crippen molar-refractivity contribution in [2.75, 3.05) is 6.26 Å². The third-order valence-corrected chi connectivity index (χ3v) is 3.57. The van der Waals surface area contributed by atoms with Gasteiger partial charge in [0.1, 0.15) is 0 Å². The summed E-state index contributed by atoms with van der Waals surface area (Å²) in [5, 5.41) is 0.726. The zero-order valence-corrected chi connectivity index (χ0v) is 11.4. The Morgan fingerprint density at radius 3 is 2.89 bits per heavy atom. The molecule has 1 aliphatic rings. The number of aryl methyl sites for hydroxylation is 1. The average molecular weight is 269 g/mol. The maximum Gasteiger partial charge on any atom is 0.277 e. The Morgan fingerprint density at radius 1 is 1.26 bits per heavy atom. The Labute approximate surface area is 115 Å². The van der Waals surface area contributed by atoms with Crippen LogP contribution in [0.3, 0.4) is 0 Å². The maximum atomic E-state index is 11.6. The van der Waals surface area contributed by atoms with Crippen LogP contribution >= 0.6 is 11.8 Å². The van der Waals surface area contributed by atoms with E-state index in [1.807, 2.05) is 31.4 Å². The van der Waals surface area contributed by atoms with Crippen molar-refractivity contribution in [3.8, 4) is 11.3 Å². The highest BCUT2D eigenvalue weighted by atomic mass is 32.2. The molecule has 94 valence electrons. The van der Waals surface area contributed by atoms with Gasteiger partial charge in [-0.25, -0.2) is 15.0 Å². The van der Waals surface area contributed by atoms with Crippen LogP contribution in [0.25, 0.3) is 11.3 Å². The number of benzene rings is 1. The molecule has 0 atom stereocenters. The molecule has 1 aromatic heterocycles. The summed E-state index contributed by atoms with van der Waals surface area (Å²) >= 11 is 1.50. The van der Waals surface area contributed by atoms with E-state index in [4.69, 9.17) is 0 Å². The van der Waals surface area contributed by atoms with Crippen LogP contribution in [0.15, 0.2) is 34.5 Å². The van der Waals surface area contributed by atoms with Gasteiger partial charge in [0.25, 0.3) is 5.91 Å². The minimum Gasteiger partial charge on any atom is -0.267 e. The average Bonchev–Trinajstić information content (AvgIpc) is 2.81. The van der Waals surface area contributed by atoms with Crippen LogP contribution in [-0.2, 0) is 0 Å². The number of fused-ring (bicyclic) bond motifs is 1. The number of aliphatic imine (C=N–C) groups is 1. The highest BCUT2D eigenvalue weighted by Gasteiger charge is 2.17. The van der Waals surface area contributed by atoms with Gasteiger partial charge in [0.2, 0.25) is 0 Å². The third kappa shape index (κ3) is 2.06. The van der Waals surface area contributed by atoms with Crippen LogP contribution < -0.4 is 0 Å². The van der Waals surface area contributed by atoms with Gasteiger partial charge >= 0.3 is 0 Å². The molecule has 2 heterocycles. The third-order valence-electron chi connectivity index (χ3n) is 3.01. The summed E-state index contributed by atoms with van der Waals surface area (Å²) in [6, 6.07) is 5.71. The number of carbonyl (C=O) groups is 1. The molecule has 5 heteroatoms. The second kappa shape index (κ2) is 4.59. The minimum absolute atomic E-state index is 0.186. The molecule has 0 unspecified atom stereocenters. The Bertz CT molecular complexity index is 710. The van der Waals surface area contributed by atoms with Gasteiger partial charge in [0, 0.05) is 23.5 Å². The molecule has 0 bridgehead atoms. The van der Waals surface area contributed by atoms with Gasteiger partial charge in [-0.05, 0) is 24.8 Å². The summed E-state index contributed by atoms with van der Waals surface area (Å²) < 4.78 is 0. The number of carbonyl (C=O) groups excluding carboxylic acids is 1. The number of aromatic nitrogens is 2. The monoisotopic (exact) mass is 269 g/mol. The fraction of sp³-hybridized carbons (Fsp3) is 0.143. The molecule has 2 aromatic rings. The molecule has 1 amide bonds. The van der Waals surface area contributed by atoms with E-state index in [1.165, 1.54) is 11.8 Å². The Hall–Kier alpha value is -2.01. The predicted octanol–water partition coefficient (Wildman–Crippen LogP) is 2.75. The van der Waals surface area contributed by atoms with Crippen LogP contribution in [-0.4, -0.2) is 28.3 Å². The van der Waals surface area contributed by atoms with E-state index in [-0.39, 0.29) is 5.91 Å². The van der Waals surface area contributed by atoms with Crippen LogP contribution in [0.4, 0.5) is 0 Å². The van der Waals surface area contributed by atoms with Gasteiger partial charge in [0.15, 0.2) is 5.16 Å². The summed E-state index contributed by atoms with van der Waals surface area (Å²) in [5.41, 5.74) is 4.28. The molecule has 4 nitrogen and oxygen atoms in total. The first-order valence-corrected chi connectivity index (χ1v) is 7.02. The van der Waals surface area contributed by atoms with E-state index in [0.29, 0.717) is 5.56 Å². The fourth-order valence-corrected chi connectivity index (χ4v) is 2.36. The second-order valence-electron chi connectivity index (χ2n) is 4.25. The molecule has 1 aromatic carbocycles. The Morgan fingerprint density at radius 2 is 2.11 bits per heavy atom. The molecular formula is C14H11N3OS. The minimum atomic E-state index is -0.186. The quantitative estimate of drug-likeness (QED) is 0.621.